The van der Waals surface area contributed by atoms with Crippen molar-refractivity contribution in [3.8, 4) is 0 Å². The Balaban J connectivity index is 3.88. The van der Waals surface area contributed by atoms with E-state index in [2.05, 4.69) is 31.3 Å². The van der Waals surface area contributed by atoms with Gasteiger partial charge in [0.2, 0.25) is 5.91 Å². The van der Waals surface area contributed by atoms with Crippen molar-refractivity contribution >= 4 is 5.91 Å². The smallest absolute Gasteiger partial charge is 0.222 e. The van der Waals surface area contributed by atoms with Gasteiger partial charge in [-0.2, -0.15) is 0 Å². The monoisotopic (exact) mass is 495 g/mol. The largest absolute Gasteiger partial charge is 0.394 e. The summed E-state index contributed by atoms with van der Waals surface area (Å²) >= 11 is 0. The van der Waals surface area contributed by atoms with E-state index >= 15 is 0 Å². The summed E-state index contributed by atoms with van der Waals surface area (Å²) < 4.78 is 0. The third-order valence-corrected chi connectivity index (χ3v) is 6.48. The summed E-state index contributed by atoms with van der Waals surface area (Å²) in [5.41, 5.74) is 0. The fourth-order valence-corrected chi connectivity index (χ4v) is 4.14. The maximum atomic E-state index is 12.2. The molecule has 5 heteroatoms. The van der Waals surface area contributed by atoms with Gasteiger partial charge >= 0.3 is 0 Å². The maximum Gasteiger partial charge on any atom is 0.222 e. The Kier molecular flexibility index (Phi) is 25.0. The summed E-state index contributed by atoms with van der Waals surface area (Å²) in [6.45, 7) is 4.10. The number of rotatable bonds is 25. The summed E-state index contributed by atoms with van der Waals surface area (Å²) in [7, 11) is 0. The second kappa shape index (κ2) is 25.9. The first kappa shape index (κ1) is 33.8. The average Bonchev–Trinajstić information content (AvgIpc) is 2.84. The molecule has 0 aliphatic carbocycles. The van der Waals surface area contributed by atoms with E-state index in [1.54, 1.807) is 6.08 Å². The van der Waals surface area contributed by atoms with Crippen LogP contribution < -0.4 is 5.32 Å². The minimum absolute atomic E-state index is 0.00211. The first-order chi connectivity index (χ1) is 17.0. The van der Waals surface area contributed by atoms with Crippen LogP contribution in [0.1, 0.15) is 136 Å². The van der Waals surface area contributed by atoms with Crippen molar-refractivity contribution in [2.45, 2.75) is 154 Å². The number of hydrogen-bond donors (Lipinski definition) is 4. The van der Waals surface area contributed by atoms with Gasteiger partial charge in [0.25, 0.3) is 0 Å². The lowest BCUT2D eigenvalue weighted by molar-refractivity contribution is -0.124. The van der Waals surface area contributed by atoms with Gasteiger partial charge in [-0.1, -0.05) is 115 Å². The Labute approximate surface area is 216 Å². The van der Waals surface area contributed by atoms with Gasteiger partial charge in [0, 0.05) is 0 Å². The molecule has 5 nitrogen and oxygen atoms in total. The number of hydrogen-bond acceptors (Lipinski definition) is 4. The van der Waals surface area contributed by atoms with Crippen molar-refractivity contribution in [3.05, 3.63) is 24.3 Å². The van der Waals surface area contributed by atoms with Crippen LogP contribution in [0.15, 0.2) is 24.3 Å². The third kappa shape index (κ3) is 23.0. The van der Waals surface area contributed by atoms with Crippen molar-refractivity contribution in [2.24, 2.45) is 0 Å². The van der Waals surface area contributed by atoms with E-state index in [4.69, 9.17) is 0 Å². The number of allylic oxidation sites excluding steroid dienone is 3. The second-order valence-corrected chi connectivity index (χ2v) is 10.0. The fraction of sp³-hybridized carbons (Fsp3) is 0.833. The van der Waals surface area contributed by atoms with E-state index in [1.165, 1.54) is 70.6 Å². The van der Waals surface area contributed by atoms with Crippen molar-refractivity contribution in [3.63, 3.8) is 0 Å². The molecule has 35 heavy (non-hydrogen) atoms. The first-order valence-electron chi connectivity index (χ1n) is 14.6. The molecule has 0 radical (unpaired) electrons. The number of carbonyl (C=O) groups is 1. The summed E-state index contributed by atoms with van der Waals surface area (Å²) in [6, 6.07) is -0.744. The van der Waals surface area contributed by atoms with Gasteiger partial charge in [-0.15, -0.1) is 0 Å². The zero-order valence-electron chi connectivity index (χ0n) is 22.9. The van der Waals surface area contributed by atoms with Gasteiger partial charge in [0.1, 0.15) is 0 Å². The van der Waals surface area contributed by atoms with Crippen molar-refractivity contribution in [2.75, 3.05) is 6.61 Å². The van der Waals surface area contributed by atoms with Crippen LogP contribution in [0.4, 0.5) is 0 Å². The molecule has 0 aliphatic heterocycles. The Morgan fingerprint density at radius 2 is 1.23 bits per heavy atom. The molecule has 0 saturated heterocycles. The van der Waals surface area contributed by atoms with Crippen LogP contribution in [0.2, 0.25) is 0 Å². The van der Waals surface area contributed by atoms with Gasteiger partial charge < -0.3 is 20.6 Å². The molecular formula is C30H57NO4. The van der Waals surface area contributed by atoms with Crippen molar-refractivity contribution in [1.29, 1.82) is 0 Å². The highest BCUT2D eigenvalue weighted by Crippen LogP contribution is 2.12. The van der Waals surface area contributed by atoms with Gasteiger partial charge in [-0.3, -0.25) is 4.79 Å². The summed E-state index contributed by atoms with van der Waals surface area (Å²) in [4.78, 5) is 12.2. The molecule has 206 valence electrons. The van der Waals surface area contributed by atoms with Crippen LogP contribution in [0.25, 0.3) is 0 Å². The quantitative estimate of drug-likeness (QED) is 0.0833. The van der Waals surface area contributed by atoms with E-state index in [-0.39, 0.29) is 18.9 Å². The number of aliphatic hydroxyl groups excluding tert-OH is 3. The van der Waals surface area contributed by atoms with Crippen molar-refractivity contribution in [1.82, 2.24) is 5.32 Å². The highest BCUT2D eigenvalue weighted by molar-refractivity contribution is 5.76. The molecule has 3 unspecified atom stereocenters. The molecule has 0 heterocycles. The fourth-order valence-electron chi connectivity index (χ4n) is 4.14. The molecule has 4 N–H and O–H groups in total. The molecule has 0 spiro atoms. The van der Waals surface area contributed by atoms with Crippen LogP contribution in [0.3, 0.4) is 0 Å². The van der Waals surface area contributed by atoms with Gasteiger partial charge in [-0.05, 0) is 38.5 Å². The predicted molar refractivity (Wildman–Crippen MR) is 148 cm³/mol. The highest BCUT2D eigenvalue weighted by atomic mass is 16.3. The lowest BCUT2D eigenvalue weighted by Gasteiger charge is -2.21. The Morgan fingerprint density at radius 1 is 0.714 bits per heavy atom. The molecular weight excluding hydrogens is 438 g/mol. The minimum atomic E-state index is -0.927. The Bertz CT molecular complexity index is 520. The van der Waals surface area contributed by atoms with E-state index in [1.807, 2.05) is 6.08 Å². The van der Waals surface area contributed by atoms with Crippen LogP contribution >= 0.6 is 0 Å². The van der Waals surface area contributed by atoms with Crippen LogP contribution in [-0.4, -0.2) is 46.1 Å². The summed E-state index contributed by atoms with van der Waals surface area (Å²) in [5.74, 6) is -0.335. The average molecular weight is 496 g/mol. The van der Waals surface area contributed by atoms with E-state index < -0.39 is 18.2 Å². The maximum absolute atomic E-state index is 12.2. The topological polar surface area (TPSA) is 89.8 Å². The normalized spacial score (nSPS) is 14.5. The Morgan fingerprint density at radius 3 is 1.83 bits per heavy atom. The van der Waals surface area contributed by atoms with E-state index in [0.29, 0.717) is 6.42 Å². The predicted octanol–water partition coefficient (Wildman–Crippen LogP) is 6.75. The number of carbonyl (C=O) groups excluding carboxylic acids is 1. The van der Waals surface area contributed by atoms with Crippen LogP contribution in [-0.2, 0) is 4.79 Å². The zero-order chi connectivity index (χ0) is 26.0. The number of aliphatic hydroxyl groups is 3. The first-order valence-corrected chi connectivity index (χ1v) is 14.6. The van der Waals surface area contributed by atoms with Crippen molar-refractivity contribution < 1.29 is 20.1 Å². The molecule has 0 bridgehead atoms. The second-order valence-electron chi connectivity index (χ2n) is 10.0. The lowest BCUT2D eigenvalue weighted by atomic mass is 10.0. The SMILES string of the molecule is CCCC/C=C\CCCCC(O)CC(=O)NC(CO)C(O)/C=C/CCCCCCCCCCCC. The Hall–Kier alpha value is -1.17. The third-order valence-electron chi connectivity index (χ3n) is 6.48. The summed E-state index contributed by atoms with van der Waals surface area (Å²) in [5, 5.41) is 32.7. The summed E-state index contributed by atoms with van der Waals surface area (Å²) in [6.07, 6.45) is 27.3. The number of nitrogens with one attached hydrogen (secondary N) is 1. The molecule has 0 aliphatic rings. The van der Waals surface area contributed by atoms with Crippen LogP contribution in [0.5, 0.6) is 0 Å². The van der Waals surface area contributed by atoms with Gasteiger partial charge in [0.05, 0.1) is 31.3 Å². The molecule has 3 atom stereocenters. The van der Waals surface area contributed by atoms with E-state index in [9.17, 15) is 20.1 Å². The number of amides is 1. The molecule has 0 saturated carbocycles. The van der Waals surface area contributed by atoms with E-state index in [0.717, 1.165) is 38.5 Å². The van der Waals surface area contributed by atoms with Crippen LogP contribution in [0, 0.1) is 0 Å². The highest BCUT2D eigenvalue weighted by Gasteiger charge is 2.19. The molecule has 1 amide bonds. The molecule has 0 rings (SSSR count). The van der Waals surface area contributed by atoms with Gasteiger partial charge in [-0.25, -0.2) is 0 Å². The standard InChI is InChI=1S/C30H57NO4/c1-3-5-7-9-11-13-14-15-16-18-20-22-24-29(34)28(26-32)31-30(35)25-27(33)23-21-19-17-12-10-8-6-4-2/h10,12,22,24,27-29,32-34H,3-9,11,13-21,23,25-26H2,1-2H3,(H,31,35)/b12-10-,24-22+. The lowest BCUT2D eigenvalue weighted by Crippen LogP contribution is -2.45. The molecule has 0 aromatic carbocycles. The minimum Gasteiger partial charge on any atom is -0.394 e. The molecule has 0 aromatic rings. The number of unbranched alkanes of at least 4 members (excludes halogenated alkanes) is 14. The molecule has 0 aromatic heterocycles. The van der Waals surface area contributed by atoms with Gasteiger partial charge in [0.15, 0.2) is 0 Å². The molecule has 0 fully saturated rings. The zero-order valence-corrected chi connectivity index (χ0v) is 22.9.